The summed E-state index contributed by atoms with van der Waals surface area (Å²) in [5.41, 5.74) is 0.739. The summed E-state index contributed by atoms with van der Waals surface area (Å²) in [6.07, 6.45) is 1.61. The molecule has 2 rings (SSSR count). The van der Waals surface area contributed by atoms with Crippen molar-refractivity contribution in [2.45, 2.75) is 65.1 Å². The number of aromatic nitrogens is 1. The van der Waals surface area contributed by atoms with Gasteiger partial charge in [0, 0.05) is 19.1 Å². The highest BCUT2D eigenvalue weighted by atomic mass is 127. The zero-order valence-electron chi connectivity index (χ0n) is 17.5. The topological polar surface area (TPSA) is 72.0 Å². The van der Waals surface area contributed by atoms with Crippen LogP contribution in [0.15, 0.2) is 12.1 Å². The molecule has 1 aromatic heterocycles. The molecule has 0 saturated carbocycles. The molecule has 2 heterocycles. The Bertz CT molecular complexity index is 720. The Hall–Kier alpha value is -1.58. The third kappa shape index (κ3) is 5.48. The molecule has 0 N–H and O–H groups in total. The molecule has 7 nitrogen and oxygen atoms in total. The number of nitrogens with zero attached hydrogens (tertiary/aromatic N) is 3. The maximum absolute atomic E-state index is 12.7. The predicted octanol–water partition coefficient (Wildman–Crippen LogP) is 4.09. The number of pyridine rings is 1. The lowest BCUT2D eigenvalue weighted by molar-refractivity contribution is 0.00999. The van der Waals surface area contributed by atoms with E-state index in [-0.39, 0.29) is 18.2 Å². The van der Waals surface area contributed by atoms with Crippen LogP contribution < -0.4 is 4.90 Å². The molecule has 1 aromatic rings. The van der Waals surface area contributed by atoms with Crippen molar-refractivity contribution < 1.29 is 19.1 Å². The van der Waals surface area contributed by atoms with Gasteiger partial charge in [0.2, 0.25) is 0 Å². The molecular formula is C20H30IN3O4. The number of amides is 1. The van der Waals surface area contributed by atoms with Gasteiger partial charge in [-0.2, -0.15) is 0 Å². The summed E-state index contributed by atoms with van der Waals surface area (Å²) in [5, 5.41) is 0. The summed E-state index contributed by atoms with van der Waals surface area (Å²) in [6.45, 7) is 11.1. The minimum atomic E-state index is -0.517. The lowest BCUT2D eigenvalue weighted by atomic mass is 10.0. The van der Waals surface area contributed by atoms with E-state index in [9.17, 15) is 9.59 Å². The zero-order valence-corrected chi connectivity index (χ0v) is 19.6. The van der Waals surface area contributed by atoms with Gasteiger partial charge in [-0.3, -0.25) is 0 Å². The highest BCUT2D eigenvalue weighted by Crippen LogP contribution is 2.29. The van der Waals surface area contributed by atoms with Crippen molar-refractivity contribution >= 4 is 40.3 Å². The van der Waals surface area contributed by atoms with E-state index in [1.54, 1.807) is 6.07 Å². The van der Waals surface area contributed by atoms with Gasteiger partial charge in [0.25, 0.3) is 0 Å². The minimum Gasteiger partial charge on any atom is -0.464 e. The first kappa shape index (κ1) is 22.7. The number of hydrogen-bond donors (Lipinski definition) is 0. The second-order valence-corrected chi connectivity index (χ2v) is 9.10. The fourth-order valence-corrected chi connectivity index (χ4v) is 4.11. The van der Waals surface area contributed by atoms with Crippen LogP contribution in [-0.4, -0.2) is 59.8 Å². The molecule has 0 radical (unpaired) electrons. The fourth-order valence-electron chi connectivity index (χ4n) is 3.36. The Morgan fingerprint density at radius 2 is 1.96 bits per heavy atom. The lowest BCUT2D eigenvalue weighted by Crippen LogP contribution is -2.60. The normalized spacial score (nSPS) is 20.1. The van der Waals surface area contributed by atoms with Gasteiger partial charge >= 0.3 is 12.1 Å². The van der Waals surface area contributed by atoms with Gasteiger partial charge in [0.15, 0.2) is 0 Å². The molecule has 1 aliphatic heterocycles. The highest BCUT2D eigenvalue weighted by Gasteiger charge is 2.37. The average Bonchev–Trinajstić information content (AvgIpc) is 2.61. The van der Waals surface area contributed by atoms with Crippen LogP contribution in [0.4, 0.5) is 10.5 Å². The zero-order chi connectivity index (χ0) is 21.1. The van der Waals surface area contributed by atoms with Crippen molar-refractivity contribution in [3.8, 4) is 0 Å². The van der Waals surface area contributed by atoms with Crippen molar-refractivity contribution in [3.63, 3.8) is 0 Å². The van der Waals surface area contributed by atoms with Gasteiger partial charge in [-0.15, -0.1) is 0 Å². The van der Waals surface area contributed by atoms with E-state index in [2.05, 4.69) is 46.3 Å². The van der Waals surface area contributed by atoms with Gasteiger partial charge in [-0.1, -0.05) is 13.3 Å². The van der Waals surface area contributed by atoms with Crippen LogP contribution in [-0.2, 0) is 9.47 Å². The largest absolute Gasteiger partial charge is 0.464 e. The molecule has 1 amide bonds. The molecule has 28 heavy (non-hydrogen) atoms. The number of ether oxygens (including phenoxy) is 2. The molecule has 0 spiro atoms. The fraction of sp³-hybridized carbons (Fsp3) is 0.650. The number of methoxy groups -OCH3 is 1. The second-order valence-electron chi connectivity index (χ2n) is 8.07. The van der Waals surface area contributed by atoms with E-state index >= 15 is 0 Å². The number of carbonyl (C=O) groups excluding carboxylic acids is 2. The summed E-state index contributed by atoms with van der Waals surface area (Å²) in [4.78, 5) is 33.0. The van der Waals surface area contributed by atoms with E-state index in [0.717, 1.165) is 22.2 Å². The lowest BCUT2D eigenvalue weighted by Gasteiger charge is -2.46. The van der Waals surface area contributed by atoms with Crippen LogP contribution in [0.5, 0.6) is 0 Å². The molecular weight excluding hydrogens is 473 g/mol. The Morgan fingerprint density at radius 1 is 1.29 bits per heavy atom. The third-order valence-electron chi connectivity index (χ3n) is 4.62. The number of rotatable bonds is 4. The molecule has 2 atom stereocenters. The summed E-state index contributed by atoms with van der Waals surface area (Å²) < 4.78 is 11.1. The van der Waals surface area contributed by atoms with Crippen molar-refractivity contribution in [1.82, 2.24) is 9.88 Å². The standard InChI is InChI=1S/C20H30IN3O4/c1-7-8-14-12-23(13(2)11-24(14)19(26)28-20(3,4)5)16-10-9-15(18(25)27-6)22-17(16)21/h9-10,13-14H,7-8,11-12H2,1-6H3/t13-,14+/m1/s1. The van der Waals surface area contributed by atoms with Crippen LogP contribution in [0.2, 0.25) is 0 Å². The number of piperazine rings is 1. The van der Waals surface area contributed by atoms with E-state index in [0.29, 0.717) is 18.8 Å². The Balaban J connectivity index is 2.25. The van der Waals surface area contributed by atoms with Gasteiger partial charge in [0.05, 0.1) is 18.8 Å². The van der Waals surface area contributed by atoms with Crippen LogP contribution in [0, 0.1) is 3.70 Å². The monoisotopic (exact) mass is 503 g/mol. The molecule has 0 aliphatic carbocycles. The molecule has 1 fully saturated rings. The van der Waals surface area contributed by atoms with Crippen LogP contribution in [0.3, 0.4) is 0 Å². The summed E-state index contributed by atoms with van der Waals surface area (Å²) in [7, 11) is 1.35. The first-order chi connectivity index (χ1) is 13.1. The molecule has 1 aliphatic rings. The smallest absolute Gasteiger partial charge is 0.410 e. The van der Waals surface area contributed by atoms with Crippen molar-refractivity contribution in [2.75, 3.05) is 25.1 Å². The number of hydrogen-bond acceptors (Lipinski definition) is 6. The number of halogens is 1. The van der Waals surface area contributed by atoms with Gasteiger partial charge in [-0.25, -0.2) is 14.6 Å². The number of carbonyl (C=O) groups is 2. The molecule has 0 aromatic carbocycles. The second kappa shape index (κ2) is 9.28. The van der Waals surface area contributed by atoms with E-state index in [1.807, 2.05) is 31.7 Å². The Morgan fingerprint density at radius 3 is 2.50 bits per heavy atom. The maximum Gasteiger partial charge on any atom is 0.410 e. The maximum atomic E-state index is 12.7. The van der Waals surface area contributed by atoms with Crippen molar-refractivity contribution in [2.24, 2.45) is 0 Å². The summed E-state index contributed by atoms with van der Waals surface area (Å²) >= 11 is 2.15. The quantitative estimate of drug-likeness (QED) is 0.350. The summed E-state index contributed by atoms with van der Waals surface area (Å²) in [6, 6.07) is 3.75. The van der Waals surface area contributed by atoms with Crippen molar-refractivity contribution in [3.05, 3.63) is 21.5 Å². The molecule has 8 heteroatoms. The van der Waals surface area contributed by atoms with Gasteiger partial charge in [0.1, 0.15) is 15.0 Å². The molecule has 0 unspecified atom stereocenters. The predicted molar refractivity (Wildman–Crippen MR) is 117 cm³/mol. The van der Waals surface area contributed by atoms with Crippen LogP contribution in [0.25, 0.3) is 0 Å². The minimum absolute atomic E-state index is 0.0622. The number of anilines is 1. The van der Waals surface area contributed by atoms with Crippen LogP contribution in [0.1, 0.15) is 57.9 Å². The molecule has 1 saturated heterocycles. The van der Waals surface area contributed by atoms with Crippen LogP contribution >= 0.6 is 22.6 Å². The first-order valence-electron chi connectivity index (χ1n) is 9.58. The van der Waals surface area contributed by atoms with E-state index in [1.165, 1.54) is 7.11 Å². The SMILES string of the molecule is CCC[C@H]1CN(c2ccc(C(=O)OC)nc2I)[C@H](C)CN1C(=O)OC(C)(C)C. The van der Waals surface area contributed by atoms with Crippen molar-refractivity contribution in [1.29, 1.82) is 0 Å². The first-order valence-corrected chi connectivity index (χ1v) is 10.7. The molecule has 0 bridgehead atoms. The Kier molecular flexibility index (Phi) is 7.52. The molecule has 156 valence electrons. The van der Waals surface area contributed by atoms with E-state index in [4.69, 9.17) is 9.47 Å². The average molecular weight is 503 g/mol. The van der Waals surface area contributed by atoms with Gasteiger partial charge < -0.3 is 19.3 Å². The van der Waals surface area contributed by atoms with Gasteiger partial charge in [-0.05, 0) is 68.8 Å². The Labute approximate surface area is 180 Å². The number of esters is 1. The van der Waals surface area contributed by atoms with E-state index < -0.39 is 11.6 Å². The summed E-state index contributed by atoms with van der Waals surface area (Å²) in [5.74, 6) is -0.448. The third-order valence-corrected chi connectivity index (χ3v) is 5.42. The highest BCUT2D eigenvalue weighted by molar-refractivity contribution is 14.1.